The highest BCUT2D eigenvalue weighted by Crippen LogP contribution is 2.30. The molecule has 5 nitrogen and oxygen atoms in total. The summed E-state index contributed by atoms with van der Waals surface area (Å²) >= 11 is 0. The van der Waals surface area contributed by atoms with Gasteiger partial charge < -0.3 is 10.2 Å². The van der Waals surface area contributed by atoms with Crippen molar-refractivity contribution in [3.8, 4) is 0 Å². The van der Waals surface area contributed by atoms with Crippen LogP contribution in [0.25, 0.3) is 0 Å². The van der Waals surface area contributed by atoms with Crippen molar-refractivity contribution in [2.75, 3.05) is 11.4 Å². The quantitative estimate of drug-likeness (QED) is 0.761. The summed E-state index contributed by atoms with van der Waals surface area (Å²) in [7, 11) is 0. The Hall–Kier alpha value is -3.54. The van der Waals surface area contributed by atoms with Gasteiger partial charge in [0.1, 0.15) is 5.82 Å². The molecule has 6 heteroatoms. The van der Waals surface area contributed by atoms with Gasteiger partial charge in [-0.25, -0.2) is 4.39 Å². The Labute approximate surface area is 161 Å². The first-order valence-electron chi connectivity index (χ1n) is 8.99. The second-order valence-electron chi connectivity index (χ2n) is 6.60. The smallest absolute Gasteiger partial charge is 0.258 e. The maximum atomic E-state index is 13.1. The van der Waals surface area contributed by atoms with Crippen molar-refractivity contribution in [1.29, 1.82) is 0 Å². The SMILES string of the molecule is O=C(NCc1ccncc1)c1ccc2c(c1)N(C(=O)c1ccc(F)cc1)CC2. The van der Waals surface area contributed by atoms with Crippen molar-refractivity contribution in [1.82, 2.24) is 10.3 Å². The molecule has 28 heavy (non-hydrogen) atoms. The average Bonchev–Trinajstić information content (AvgIpc) is 3.16. The predicted octanol–water partition coefficient (Wildman–Crippen LogP) is 3.35. The zero-order chi connectivity index (χ0) is 19.5. The van der Waals surface area contributed by atoms with E-state index >= 15 is 0 Å². The molecule has 4 rings (SSSR count). The van der Waals surface area contributed by atoms with Gasteiger partial charge in [0.25, 0.3) is 11.8 Å². The molecule has 0 aliphatic carbocycles. The summed E-state index contributed by atoms with van der Waals surface area (Å²) in [5.74, 6) is -0.791. The molecule has 2 aromatic carbocycles. The first-order valence-corrected chi connectivity index (χ1v) is 8.99. The average molecular weight is 375 g/mol. The summed E-state index contributed by atoms with van der Waals surface area (Å²) in [6.07, 6.45) is 4.08. The van der Waals surface area contributed by atoms with Crippen molar-refractivity contribution >= 4 is 17.5 Å². The lowest BCUT2D eigenvalue weighted by Crippen LogP contribution is -2.29. The minimum absolute atomic E-state index is 0.201. The highest BCUT2D eigenvalue weighted by molar-refractivity contribution is 6.08. The van der Waals surface area contributed by atoms with Crippen LogP contribution in [0.1, 0.15) is 31.8 Å². The number of hydrogen-bond donors (Lipinski definition) is 1. The van der Waals surface area contributed by atoms with Gasteiger partial charge in [-0.3, -0.25) is 14.6 Å². The van der Waals surface area contributed by atoms with Crippen molar-refractivity contribution in [2.24, 2.45) is 0 Å². The molecule has 0 bridgehead atoms. The Morgan fingerprint density at radius 3 is 2.46 bits per heavy atom. The number of pyridine rings is 1. The van der Waals surface area contributed by atoms with E-state index in [2.05, 4.69) is 10.3 Å². The second-order valence-corrected chi connectivity index (χ2v) is 6.60. The molecule has 0 spiro atoms. The first-order chi connectivity index (χ1) is 13.6. The number of fused-ring (bicyclic) bond motifs is 1. The fourth-order valence-corrected chi connectivity index (χ4v) is 3.26. The summed E-state index contributed by atoms with van der Waals surface area (Å²) in [4.78, 5) is 30.9. The molecule has 2 heterocycles. The molecule has 3 aromatic rings. The summed E-state index contributed by atoms with van der Waals surface area (Å²) < 4.78 is 13.1. The number of benzene rings is 2. The van der Waals surface area contributed by atoms with Gasteiger partial charge in [-0.05, 0) is 66.1 Å². The molecule has 1 N–H and O–H groups in total. The van der Waals surface area contributed by atoms with Gasteiger partial charge in [0, 0.05) is 42.3 Å². The van der Waals surface area contributed by atoms with E-state index in [9.17, 15) is 14.0 Å². The molecule has 0 atom stereocenters. The molecule has 0 unspecified atom stereocenters. The molecular formula is C22H18FN3O2. The molecule has 1 aliphatic heterocycles. The number of nitrogens with one attached hydrogen (secondary N) is 1. The number of amides is 2. The zero-order valence-corrected chi connectivity index (χ0v) is 15.1. The van der Waals surface area contributed by atoms with Gasteiger partial charge >= 0.3 is 0 Å². The standard InChI is InChI=1S/C22H18FN3O2/c23-19-5-3-17(4-6-19)22(28)26-12-9-16-1-2-18(13-20(16)26)21(27)25-14-15-7-10-24-11-8-15/h1-8,10-11,13H,9,12,14H2,(H,25,27). The fourth-order valence-electron chi connectivity index (χ4n) is 3.26. The number of halogens is 1. The number of carbonyl (C=O) groups excluding carboxylic acids is 2. The first kappa shape index (κ1) is 17.9. The molecule has 2 amide bonds. The third-order valence-electron chi connectivity index (χ3n) is 4.78. The van der Waals surface area contributed by atoms with E-state index in [0.29, 0.717) is 24.2 Å². The number of aromatic nitrogens is 1. The molecule has 1 aromatic heterocycles. The highest BCUT2D eigenvalue weighted by Gasteiger charge is 2.26. The molecule has 140 valence electrons. The fraction of sp³-hybridized carbons (Fsp3) is 0.136. The molecule has 0 saturated heterocycles. The van der Waals surface area contributed by atoms with Crippen LogP contribution >= 0.6 is 0 Å². The predicted molar refractivity (Wildman–Crippen MR) is 104 cm³/mol. The Morgan fingerprint density at radius 2 is 1.71 bits per heavy atom. The van der Waals surface area contributed by atoms with E-state index in [1.165, 1.54) is 24.3 Å². The molecular weight excluding hydrogens is 357 g/mol. The van der Waals surface area contributed by atoms with E-state index in [1.54, 1.807) is 29.4 Å². The maximum absolute atomic E-state index is 13.1. The highest BCUT2D eigenvalue weighted by atomic mass is 19.1. The van der Waals surface area contributed by atoms with Crippen LogP contribution in [0, 0.1) is 5.82 Å². The topological polar surface area (TPSA) is 62.3 Å². The van der Waals surface area contributed by atoms with Gasteiger partial charge in [0.2, 0.25) is 0 Å². The summed E-state index contributed by atoms with van der Waals surface area (Å²) in [5.41, 5.74) is 3.61. The van der Waals surface area contributed by atoms with Crippen LogP contribution < -0.4 is 10.2 Å². The van der Waals surface area contributed by atoms with Gasteiger partial charge in [-0.2, -0.15) is 0 Å². The van der Waals surface area contributed by atoms with E-state index in [1.807, 2.05) is 18.2 Å². The van der Waals surface area contributed by atoms with Crippen molar-refractivity contribution in [2.45, 2.75) is 13.0 Å². The van der Waals surface area contributed by atoms with Crippen molar-refractivity contribution in [3.63, 3.8) is 0 Å². The van der Waals surface area contributed by atoms with Gasteiger partial charge in [-0.15, -0.1) is 0 Å². The number of carbonyl (C=O) groups is 2. The lowest BCUT2D eigenvalue weighted by Gasteiger charge is -2.18. The molecule has 1 aliphatic rings. The Morgan fingerprint density at radius 1 is 1.00 bits per heavy atom. The lowest BCUT2D eigenvalue weighted by molar-refractivity contribution is 0.0948. The number of anilines is 1. The monoisotopic (exact) mass is 375 g/mol. The molecule has 0 radical (unpaired) electrons. The summed E-state index contributed by atoms with van der Waals surface area (Å²) in [5, 5.41) is 2.88. The molecule has 0 fully saturated rings. The van der Waals surface area contributed by atoms with Crippen LogP contribution in [0.15, 0.2) is 67.0 Å². The minimum Gasteiger partial charge on any atom is -0.348 e. The Bertz CT molecular complexity index is 1020. The zero-order valence-electron chi connectivity index (χ0n) is 15.1. The van der Waals surface area contributed by atoms with E-state index in [-0.39, 0.29) is 17.6 Å². The normalized spacial score (nSPS) is 12.5. The Kier molecular flexibility index (Phi) is 4.85. The van der Waals surface area contributed by atoms with Crippen LogP contribution in [-0.4, -0.2) is 23.3 Å². The summed E-state index contributed by atoms with van der Waals surface area (Å²) in [6.45, 7) is 0.935. The summed E-state index contributed by atoms with van der Waals surface area (Å²) in [6, 6.07) is 14.6. The van der Waals surface area contributed by atoms with E-state index in [4.69, 9.17) is 0 Å². The van der Waals surface area contributed by atoms with Crippen LogP contribution in [0.4, 0.5) is 10.1 Å². The Balaban J connectivity index is 1.52. The lowest BCUT2D eigenvalue weighted by atomic mass is 10.1. The molecule has 0 saturated carbocycles. The van der Waals surface area contributed by atoms with Gasteiger partial charge in [0.15, 0.2) is 0 Å². The van der Waals surface area contributed by atoms with Crippen LogP contribution in [0.3, 0.4) is 0 Å². The number of hydrogen-bond acceptors (Lipinski definition) is 3. The minimum atomic E-state index is -0.383. The van der Waals surface area contributed by atoms with Gasteiger partial charge in [0.05, 0.1) is 0 Å². The van der Waals surface area contributed by atoms with E-state index < -0.39 is 0 Å². The second kappa shape index (κ2) is 7.60. The van der Waals surface area contributed by atoms with Gasteiger partial charge in [-0.1, -0.05) is 6.07 Å². The maximum Gasteiger partial charge on any atom is 0.258 e. The van der Waals surface area contributed by atoms with Crippen LogP contribution in [-0.2, 0) is 13.0 Å². The third-order valence-corrected chi connectivity index (χ3v) is 4.78. The van der Waals surface area contributed by atoms with Crippen LogP contribution in [0.2, 0.25) is 0 Å². The number of rotatable bonds is 4. The van der Waals surface area contributed by atoms with Crippen LogP contribution in [0.5, 0.6) is 0 Å². The van der Waals surface area contributed by atoms with Crippen molar-refractivity contribution < 1.29 is 14.0 Å². The largest absolute Gasteiger partial charge is 0.348 e. The number of nitrogens with zero attached hydrogens (tertiary/aromatic N) is 2. The third kappa shape index (κ3) is 3.62. The van der Waals surface area contributed by atoms with E-state index in [0.717, 1.165) is 23.2 Å². The van der Waals surface area contributed by atoms with Crippen molar-refractivity contribution in [3.05, 3.63) is 95.1 Å².